The van der Waals surface area contributed by atoms with Crippen LogP contribution in [0.3, 0.4) is 0 Å². The van der Waals surface area contributed by atoms with Crippen LogP contribution >= 0.6 is 0 Å². The Morgan fingerprint density at radius 1 is 1.08 bits per heavy atom. The van der Waals surface area contributed by atoms with Crippen molar-refractivity contribution in [1.29, 1.82) is 0 Å². The van der Waals surface area contributed by atoms with E-state index in [2.05, 4.69) is 13.8 Å². The number of benzene rings is 1. The van der Waals surface area contributed by atoms with Crippen LogP contribution in [0, 0.1) is 11.8 Å². The third-order valence-electron chi connectivity index (χ3n) is 4.90. The molecule has 1 aliphatic heterocycles. The molecule has 0 N–H and O–H groups in total. The Balaban J connectivity index is 1.68. The largest absolute Gasteiger partial charge is 0.341 e. The topological polar surface area (TPSA) is 57.7 Å². The molecule has 0 atom stereocenters. The van der Waals surface area contributed by atoms with Gasteiger partial charge in [0.25, 0.3) is 0 Å². The number of nitrogens with zero attached hydrogens (tertiary/aromatic N) is 2. The summed E-state index contributed by atoms with van der Waals surface area (Å²) in [4.78, 5) is 14.4. The second kappa shape index (κ2) is 7.46. The average Bonchev–Trinajstić information content (AvgIpc) is 3.40. The van der Waals surface area contributed by atoms with E-state index in [9.17, 15) is 13.2 Å². The number of carbonyl (C=O) groups excluding carboxylic acids is 1. The van der Waals surface area contributed by atoms with Crippen molar-refractivity contribution in [2.24, 2.45) is 11.8 Å². The van der Waals surface area contributed by atoms with Crippen LogP contribution in [0.15, 0.2) is 29.2 Å². The summed E-state index contributed by atoms with van der Waals surface area (Å²) in [6.07, 6.45) is 3.62. The molecule has 6 heteroatoms. The van der Waals surface area contributed by atoms with Crippen LogP contribution < -0.4 is 0 Å². The van der Waals surface area contributed by atoms with Crippen molar-refractivity contribution in [3.63, 3.8) is 0 Å². The van der Waals surface area contributed by atoms with Gasteiger partial charge in [0.05, 0.1) is 4.90 Å². The number of sulfonamides is 1. The number of hydrogen-bond donors (Lipinski definition) is 0. The molecule has 0 radical (unpaired) electrons. The Hall–Kier alpha value is -1.40. The minimum Gasteiger partial charge on any atom is -0.341 e. The summed E-state index contributed by atoms with van der Waals surface area (Å²) in [6, 6.07) is 7.25. The smallest absolute Gasteiger partial charge is 0.243 e. The summed E-state index contributed by atoms with van der Waals surface area (Å²) in [5.74, 6) is 0.942. The highest BCUT2D eigenvalue weighted by Gasteiger charge is 2.35. The van der Waals surface area contributed by atoms with E-state index in [1.54, 1.807) is 12.1 Å². The van der Waals surface area contributed by atoms with Gasteiger partial charge in [0.2, 0.25) is 15.9 Å². The molecule has 0 bridgehead atoms. The van der Waals surface area contributed by atoms with Crippen molar-refractivity contribution in [3.05, 3.63) is 29.8 Å². The monoisotopic (exact) mass is 364 g/mol. The van der Waals surface area contributed by atoms with Gasteiger partial charge in [0.15, 0.2) is 0 Å². The van der Waals surface area contributed by atoms with Crippen LogP contribution in [0.4, 0.5) is 0 Å². The van der Waals surface area contributed by atoms with E-state index >= 15 is 0 Å². The van der Waals surface area contributed by atoms with Gasteiger partial charge < -0.3 is 4.90 Å². The molecule has 1 aromatic carbocycles. The first-order valence-corrected chi connectivity index (χ1v) is 10.7. The lowest BCUT2D eigenvalue weighted by Gasteiger charge is -2.22. The first kappa shape index (κ1) is 18.4. The van der Waals surface area contributed by atoms with Gasteiger partial charge in [-0.1, -0.05) is 26.0 Å². The highest BCUT2D eigenvalue weighted by molar-refractivity contribution is 7.89. The third kappa shape index (κ3) is 4.42. The summed E-state index contributed by atoms with van der Waals surface area (Å²) in [6.45, 7) is 6.32. The minimum atomic E-state index is -3.49. The summed E-state index contributed by atoms with van der Waals surface area (Å²) < 4.78 is 27.4. The van der Waals surface area contributed by atoms with Gasteiger partial charge in [0.1, 0.15) is 0 Å². The molecule has 2 fully saturated rings. The maximum absolute atomic E-state index is 12.9. The molecule has 0 aromatic heterocycles. The van der Waals surface area contributed by atoms with Crippen molar-refractivity contribution >= 4 is 15.9 Å². The van der Waals surface area contributed by atoms with Crippen molar-refractivity contribution in [2.45, 2.75) is 44.4 Å². The molecule has 138 valence electrons. The number of rotatable bonds is 5. The van der Waals surface area contributed by atoms with E-state index in [4.69, 9.17) is 0 Å². The lowest BCUT2D eigenvalue weighted by Crippen LogP contribution is -2.37. The summed E-state index contributed by atoms with van der Waals surface area (Å²) in [7, 11) is -3.49. The number of carbonyl (C=O) groups is 1. The Morgan fingerprint density at radius 2 is 1.76 bits per heavy atom. The molecule has 25 heavy (non-hydrogen) atoms. The minimum absolute atomic E-state index is 0.191. The van der Waals surface area contributed by atoms with E-state index < -0.39 is 10.0 Å². The van der Waals surface area contributed by atoms with Crippen molar-refractivity contribution in [2.75, 3.05) is 26.2 Å². The Morgan fingerprint density at radius 3 is 2.36 bits per heavy atom. The normalized spacial score (nSPS) is 19.9. The van der Waals surface area contributed by atoms with E-state index in [0.717, 1.165) is 24.8 Å². The van der Waals surface area contributed by atoms with Gasteiger partial charge in [-0.3, -0.25) is 4.79 Å². The fourth-order valence-electron chi connectivity index (χ4n) is 3.36. The quantitative estimate of drug-likeness (QED) is 0.807. The standard InChI is InChI=1S/C19H28N2O3S/c1-15(2)14-16-4-8-18(9-5-16)25(23,24)21-11-3-10-20(12-13-21)19(22)17-6-7-17/h4-5,8-9,15,17H,3,6-7,10-14H2,1-2H3. The van der Waals surface area contributed by atoms with Gasteiger partial charge in [-0.05, 0) is 49.3 Å². The van der Waals surface area contributed by atoms with Crippen LogP contribution in [0.25, 0.3) is 0 Å². The van der Waals surface area contributed by atoms with E-state index in [1.165, 1.54) is 4.31 Å². The molecular weight excluding hydrogens is 336 g/mol. The second-order valence-electron chi connectivity index (χ2n) is 7.60. The molecular formula is C19H28N2O3S. The number of hydrogen-bond acceptors (Lipinski definition) is 3. The molecule has 2 aliphatic rings. The molecule has 0 spiro atoms. The highest BCUT2D eigenvalue weighted by atomic mass is 32.2. The SMILES string of the molecule is CC(C)Cc1ccc(S(=O)(=O)N2CCCN(C(=O)C3CC3)CC2)cc1. The maximum Gasteiger partial charge on any atom is 0.243 e. The molecule has 1 aromatic rings. The Kier molecular flexibility index (Phi) is 5.49. The third-order valence-corrected chi connectivity index (χ3v) is 6.81. The zero-order valence-corrected chi connectivity index (χ0v) is 16.0. The van der Waals surface area contributed by atoms with Crippen molar-refractivity contribution in [1.82, 2.24) is 9.21 Å². The first-order chi connectivity index (χ1) is 11.9. The van der Waals surface area contributed by atoms with E-state index in [1.807, 2.05) is 17.0 Å². The van der Waals surface area contributed by atoms with Crippen molar-refractivity contribution < 1.29 is 13.2 Å². The van der Waals surface area contributed by atoms with Gasteiger partial charge in [-0.2, -0.15) is 4.31 Å². The molecule has 1 saturated carbocycles. The Bertz CT molecular complexity index is 709. The predicted octanol–water partition coefficient (Wildman–Crippen LogP) is 2.52. The zero-order chi connectivity index (χ0) is 18.0. The second-order valence-corrected chi connectivity index (χ2v) is 9.54. The molecule has 1 heterocycles. The predicted molar refractivity (Wildman–Crippen MR) is 97.7 cm³/mol. The lowest BCUT2D eigenvalue weighted by molar-refractivity contribution is -0.132. The van der Waals surface area contributed by atoms with Crippen LogP contribution in [0.1, 0.15) is 38.7 Å². The van der Waals surface area contributed by atoms with Gasteiger partial charge >= 0.3 is 0 Å². The molecule has 5 nitrogen and oxygen atoms in total. The van der Waals surface area contributed by atoms with Crippen LogP contribution in [0.2, 0.25) is 0 Å². The fourth-order valence-corrected chi connectivity index (χ4v) is 4.83. The molecule has 1 aliphatic carbocycles. The molecule has 1 amide bonds. The highest BCUT2D eigenvalue weighted by Crippen LogP contribution is 2.31. The Labute approximate surface area is 151 Å². The summed E-state index contributed by atoms with van der Waals surface area (Å²) >= 11 is 0. The average molecular weight is 365 g/mol. The fraction of sp³-hybridized carbons (Fsp3) is 0.632. The van der Waals surface area contributed by atoms with Crippen LogP contribution in [0.5, 0.6) is 0 Å². The van der Waals surface area contributed by atoms with Crippen LogP contribution in [-0.4, -0.2) is 49.7 Å². The summed E-state index contributed by atoms with van der Waals surface area (Å²) in [5, 5.41) is 0. The van der Waals surface area contributed by atoms with E-state index in [-0.39, 0.29) is 11.8 Å². The first-order valence-electron chi connectivity index (χ1n) is 9.26. The van der Waals surface area contributed by atoms with Crippen molar-refractivity contribution in [3.8, 4) is 0 Å². The molecule has 1 saturated heterocycles. The summed E-state index contributed by atoms with van der Waals surface area (Å²) in [5.41, 5.74) is 1.16. The van der Waals surface area contributed by atoms with E-state index in [0.29, 0.717) is 43.4 Å². The van der Waals surface area contributed by atoms with Gasteiger partial charge in [-0.15, -0.1) is 0 Å². The van der Waals surface area contributed by atoms with Gasteiger partial charge in [0, 0.05) is 32.1 Å². The maximum atomic E-state index is 12.9. The molecule has 3 rings (SSSR count). The lowest BCUT2D eigenvalue weighted by atomic mass is 10.0. The van der Waals surface area contributed by atoms with Gasteiger partial charge in [-0.25, -0.2) is 8.42 Å². The number of amides is 1. The zero-order valence-electron chi connectivity index (χ0n) is 15.1. The molecule has 0 unspecified atom stereocenters. The van der Waals surface area contributed by atoms with Crippen LogP contribution in [-0.2, 0) is 21.2 Å².